The van der Waals surface area contributed by atoms with E-state index < -0.39 is 0 Å². The average Bonchev–Trinajstić information content (AvgIpc) is 2.29. The lowest BCUT2D eigenvalue weighted by atomic mass is 10.3. The highest BCUT2D eigenvalue weighted by atomic mass is 32.1. The molecule has 0 spiro atoms. The maximum atomic E-state index is 10.7. The van der Waals surface area contributed by atoms with Crippen LogP contribution in [0.15, 0.2) is 0 Å². The van der Waals surface area contributed by atoms with Gasteiger partial charge in [-0.2, -0.15) is 0 Å². The molecule has 0 saturated carbocycles. The first kappa shape index (κ1) is 9.19. The van der Waals surface area contributed by atoms with E-state index in [4.69, 9.17) is 0 Å². The summed E-state index contributed by atoms with van der Waals surface area (Å²) in [5, 5.41) is 3.37. The molecule has 0 aliphatic carbocycles. The van der Waals surface area contributed by atoms with Crippen molar-refractivity contribution in [2.24, 2.45) is 0 Å². The van der Waals surface area contributed by atoms with Gasteiger partial charge in [0.1, 0.15) is 0 Å². The van der Waals surface area contributed by atoms with E-state index in [1.807, 2.05) is 6.92 Å². The second kappa shape index (κ2) is 3.67. The number of amides is 1. The molecule has 0 unspecified atom stereocenters. The van der Waals surface area contributed by atoms with E-state index in [9.17, 15) is 4.79 Å². The lowest BCUT2D eigenvalue weighted by Crippen LogP contribution is -2.04. The maximum absolute atomic E-state index is 10.7. The predicted molar refractivity (Wildman–Crippen MR) is 50.5 cm³/mol. The van der Waals surface area contributed by atoms with Crippen LogP contribution in [-0.4, -0.2) is 10.9 Å². The van der Waals surface area contributed by atoms with Gasteiger partial charge in [0.2, 0.25) is 5.91 Å². The molecule has 1 aromatic heterocycles. The standard InChI is InChI=1S/C8H12N2OS/c1-4-7-5(2)9-8(12-7)10-6(3)11/h4H2,1-3H3,(H,9,10,11). The van der Waals surface area contributed by atoms with Crippen LogP contribution >= 0.6 is 11.3 Å². The second-order valence-corrected chi connectivity index (χ2v) is 3.65. The lowest BCUT2D eigenvalue weighted by Gasteiger charge is -1.91. The third-order valence-electron chi connectivity index (χ3n) is 1.50. The van der Waals surface area contributed by atoms with Crippen molar-refractivity contribution < 1.29 is 4.79 Å². The van der Waals surface area contributed by atoms with Gasteiger partial charge in [0.05, 0.1) is 5.69 Å². The molecule has 1 heterocycles. The molecule has 1 rings (SSSR count). The summed E-state index contributed by atoms with van der Waals surface area (Å²) in [4.78, 5) is 16.1. The SMILES string of the molecule is CCc1sc(NC(C)=O)nc1C. The molecule has 0 fully saturated rings. The van der Waals surface area contributed by atoms with E-state index in [2.05, 4.69) is 17.2 Å². The van der Waals surface area contributed by atoms with E-state index in [0.717, 1.165) is 12.1 Å². The largest absolute Gasteiger partial charge is 0.302 e. The Morgan fingerprint density at radius 2 is 2.33 bits per heavy atom. The predicted octanol–water partition coefficient (Wildman–Crippen LogP) is 1.97. The van der Waals surface area contributed by atoms with Gasteiger partial charge in [-0.1, -0.05) is 6.92 Å². The molecular formula is C8H12N2OS. The number of nitrogens with zero attached hydrogens (tertiary/aromatic N) is 1. The number of nitrogens with one attached hydrogen (secondary N) is 1. The van der Waals surface area contributed by atoms with Crippen molar-refractivity contribution in [2.45, 2.75) is 27.2 Å². The summed E-state index contributed by atoms with van der Waals surface area (Å²) in [6, 6.07) is 0. The van der Waals surface area contributed by atoms with Crippen molar-refractivity contribution in [3.05, 3.63) is 10.6 Å². The zero-order valence-corrected chi connectivity index (χ0v) is 8.29. The number of carbonyl (C=O) groups is 1. The number of aromatic nitrogens is 1. The highest BCUT2D eigenvalue weighted by Gasteiger charge is 2.05. The lowest BCUT2D eigenvalue weighted by molar-refractivity contribution is -0.114. The van der Waals surface area contributed by atoms with Crippen LogP contribution in [0.25, 0.3) is 0 Å². The molecule has 12 heavy (non-hydrogen) atoms. The van der Waals surface area contributed by atoms with Gasteiger partial charge >= 0.3 is 0 Å². The molecule has 0 saturated heterocycles. The maximum Gasteiger partial charge on any atom is 0.223 e. The molecule has 0 aliphatic heterocycles. The first-order chi connectivity index (χ1) is 5.63. The Balaban J connectivity index is 2.82. The third-order valence-corrected chi connectivity index (χ3v) is 2.71. The minimum Gasteiger partial charge on any atom is -0.302 e. The van der Waals surface area contributed by atoms with Crippen LogP contribution in [0.3, 0.4) is 0 Å². The molecular weight excluding hydrogens is 172 g/mol. The minimum atomic E-state index is -0.0635. The fourth-order valence-corrected chi connectivity index (χ4v) is 1.91. The van der Waals surface area contributed by atoms with Gasteiger partial charge in [-0.3, -0.25) is 4.79 Å². The quantitative estimate of drug-likeness (QED) is 0.763. The topological polar surface area (TPSA) is 42.0 Å². The van der Waals surface area contributed by atoms with Crippen molar-refractivity contribution in [3.63, 3.8) is 0 Å². The van der Waals surface area contributed by atoms with E-state index in [1.54, 1.807) is 11.3 Å². The molecule has 0 bridgehead atoms. The van der Waals surface area contributed by atoms with Crippen molar-refractivity contribution in [2.75, 3.05) is 5.32 Å². The fraction of sp³-hybridized carbons (Fsp3) is 0.500. The van der Waals surface area contributed by atoms with Crippen molar-refractivity contribution >= 4 is 22.4 Å². The van der Waals surface area contributed by atoms with Crippen LogP contribution in [0.4, 0.5) is 5.13 Å². The number of hydrogen-bond donors (Lipinski definition) is 1. The highest BCUT2D eigenvalue weighted by Crippen LogP contribution is 2.22. The molecule has 1 aromatic rings. The fourth-order valence-electron chi connectivity index (χ4n) is 0.960. The Morgan fingerprint density at radius 3 is 2.75 bits per heavy atom. The summed E-state index contributed by atoms with van der Waals surface area (Å²) < 4.78 is 0. The molecule has 0 aliphatic rings. The van der Waals surface area contributed by atoms with E-state index in [1.165, 1.54) is 11.8 Å². The van der Waals surface area contributed by atoms with Gasteiger partial charge in [0.15, 0.2) is 5.13 Å². The summed E-state index contributed by atoms with van der Waals surface area (Å²) in [5.74, 6) is -0.0635. The number of anilines is 1. The molecule has 0 radical (unpaired) electrons. The van der Waals surface area contributed by atoms with Crippen molar-refractivity contribution in [1.29, 1.82) is 0 Å². The van der Waals surface area contributed by atoms with E-state index in [-0.39, 0.29) is 5.91 Å². The van der Waals surface area contributed by atoms with Gasteiger partial charge in [-0.05, 0) is 13.3 Å². The van der Waals surface area contributed by atoms with Gasteiger partial charge in [-0.15, -0.1) is 11.3 Å². The number of rotatable bonds is 2. The van der Waals surface area contributed by atoms with Crippen molar-refractivity contribution in [3.8, 4) is 0 Å². The smallest absolute Gasteiger partial charge is 0.223 e. The second-order valence-electron chi connectivity index (χ2n) is 2.56. The average molecular weight is 184 g/mol. The summed E-state index contributed by atoms with van der Waals surface area (Å²) in [6.45, 7) is 5.53. The summed E-state index contributed by atoms with van der Waals surface area (Å²) in [5.41, 5.74) is 1.02. The van der Waals surface area contributed by atoms with Gasteiger partial charge < -0.3 is 5.32 Å². The van der Waals surface area contributed by atoms with Gasteiger partial charge in [0.25, 0.3) is 0 Å². The van der Waals surface area contributed by atoms with Gasteiger partial charge in [-0.25, -0.2) is 4.98 Å². The Kier molecular flexibility index (Phi) is 2.81. The molecule has 3 nitrogen and oxygen atoms in total. The van der Waals surface area contributed by atoms with E-state index in [0.29, 0.717) is 5.13 Å². The molecule has 1 N–H and O–H groups in total. The third kappa shape index (κ3) is 2.04. The number of aryl methyl sites for hydroxylation is 2. The minimum absolute atomic E-state index is 0.0635. The first-order valence-electron chi connectivity index (χ1n) is 3.87. The first-order valence-corrected chi connectivity index (χ1v) is 4.69. The van der Waals surface area contributed by atoms with Crippen LogP contribution in [0.1, 0.15) is 24.4 Å². The summed E-state index contributed by atoms with van der Waals surface area (Å²) in [6.07, 6.45) is 0.975. The highest BCUT2D eigenvalue weighted by molar-refractivity contribution is 7.15. The van der Waals surface area contributed by atoms with Gasteiger partial charge in [0, 0.05) is 11.8 Å². The Bertz CT molecular complexity index is 293. The number of thiazole rings is 1. The Morgan fingerprint density at radius 1 is 1.67 bits per heavy atom. The van der Waals surface area contributed by atoms with Crippen molar-refractivity contribution in [1.82, 2.24) is 4.98 Å². The summed E-state index contributed by atoms with van der Waals surface area (Å²) >= 11 is 1.54. The number of carbonyl (C=O) groups excluding carboxylic acids is 1. The van der Waals surface area contributed by atoms with Crippen LogP contribution < -0.4 is 5.32 Å². The Labute approximate surface area is 75.8 Å². The van der Waals surface area contributed by atoms with Crippen LogP contribution in [0.5, 0.6) is 0 Å². The van der Waals surface area contributed by atoms with Crippen LogP contribution in [0, 0.1) is 6.92 Å². The number of hydrogen-bond acceptors (Lipinski definition) is 3. The zero-order chi connectivity index (χ0) is 9.14. The normalized spacial score (nSPS) is 9.92. The molecule has 1 amide bonds. The zero-order valence-electron chi connectivity index (χ0n) is 7.47. The molecule has 4 heteroatoms. The van der Waals surface area contributed by atoms with Crippen LogP contribution in [-0.2, 0) is 11.2 Å². The molecule has 0 atom stereocenters. The Hall–Kier alpha value is -0.900. The van der Waals surface area contributed by atoms with Crippen LogP contribution in [0.2, 0.25) is 0 Å². The molecule has 66 valence electrons. The monoisotopic (exact) mass is 184 g/mol. The summed E-state index contributed by atoms with van der Waals surface area (Å²) in [7, 11) is 0. The van der Waals surface area contributed by atoms with E-state index >= 15 is 0 Å². The molecule has 0 aromatic carbocycles.